The number of furan rings is 1. The van der Waals surface area contributed by atoms with Gasteiger partial charge in [-0.15, -0.1) is 0 Å². The Balaban J connectivity index is 2.29. The first-order chi connectivity index (χ1) is 7.86. The third kappa shape index (κ3) is 1.44. The van der Waals surface area contributed by atoms with Crippen molar-refractivity contribution in [1.29, 1.82) is 0 Å². The maximum Gasteiger partial charge on any atom is 0.227 e. The van der Waals surface area contributed by atoms with Crippen molar-refractivity contribution in [2.75, 3.05) is 0 Å². The topological polar surface area (TPSA) is 26.0 Å². The van der Waals surface area contributed by atoms with Crippen molar-refractivity contribution in [3.8, 4) is 11.3 Å². The number of aromatic nitrogens is 1. The van der Waals surface area contributed by atoms with Crippen molar-refractivity contribution in [2.45, 2.75) is 0 Å². The smallest absolute Gasteiger partial charge is 0.227 e. The van der Waals surface area contributed by atoms with Gasteiger partial charge in [0.15, 0.2) is 5.76 Å². The predicted molar refractivity (Wildman–Crippen MR) is 67.1 cm³/mol. The molecule has 0 bridgehead atoms. The van der Waals surface area contributed by atoms with Crippen LogP contribution < -0.4 is 0 Å². The molecule has 3 heteroatoms. The lowest BCUT2D eigenvalue weighted by molar-refractivity contribution is 0.617. The van der Waals surface area contributed by atoms with E-state index in [1.165, 1.54) is 0 Å². The summed E-state index contributed by atoms with van der Waals surface area (Å²) in [6.45, 7) is 0. The quantitative estimate of drug-likeness (QED) is 0.662. The van der Waals surface area contributed by atoms with Crippen LogP contribution in [0.15, 0.2) is 57.6 Å². The zero-order valence-electron chi connectivity index (χ0n) is 8.35. The van der Waals surface area contributed by atoms with Gasteiger partial charge in [-0.1, -0.05) is 30.3 Å². The average molecular weight is 274 g/mol. The van der Waals surface area contributed by atoms with Crippen LogP contribution in [0.5, 0.6) is 0 Å². The predicted octanol–water partition coefficient (Wildman–Crippen LogP) is 4.26. The number of pyridine rings is 1. The molecule has 0 saturated carbocycles. The molecule has 16 heavy (non-hydrogen) atoms. The molecular formula is C13H8BrNO. The molecule has 0 atom stereocenters. The van der Waals surface area contributed by atoms with E-state index in [9.17, 15) is 0 Å². The molecule has 0 aliphatic heterocycles. The van der Waals surface area contributed by atoms with Gasteiger partial charge in [-0.2, -0.15) is 0 Å². The second-order valence-corrected chi connectivity index (χ2v) is 4.26. The van der Waals surface area contributed by atoms with Gasteiger partial charge in [0, 0.05) is 11.8 Å². The summed E-state index contributed by atoms with van der Waals surface area (Å²) in [5.74, 6) is 0.828. The SMILES string of the molecule is Brc1c(-c2ccccc2)oc2ncccc12. The van der Waals surface area contributed by atoms with E-state index >= 15 is 0 Å². The largest absolute Gasteiger partial charge is 0.437 e. The average Bonchev–Trinajstić information content (AvgIpc) is 2.69. The molecule has 0 N–H and O–H groups in total. The molecule has 0 unspecified atom stereocenters. The molecule has 0 saturated heterocycles. The van der Waals surface area contributed by atoms with E-state index < -0.39 is 0 Å². The second-order valence-electron chi connectivity index (χ2n) is 3.47. The number of hydrogen-bond donors (Lipinski definition) is 0. The van der Waals surface area contributed by atoms with Gasteiger partial charge in [0.25, 0.3) is 0 Å². The van der Waals surface area contributed by atoms with Crippen LogP contribution in [0.4, 0.5) is 0 Å². The van der Waals surface area contributed by atoms with Crippen molar-refractivity contribution < 1.29 is 4.42 Å². The number of nitrogens with zero attached hydrogens (tertiary/aromatic N) is 1. The van der Waals surface area contributed by atoms with Crippen LogP contribution in [0.1, 0.15) is 0 Å². The summed E-state index contributed by atoms with van der Waals surface area (Å²) in [6.07, 6.45) is 1.73. The molecule has 0 fully saturated rings. The van der Waals surface area contributed by atoms with Crippen LogP contribution in [-0.4, -0.2) is 4.98 Å². The molecule has 3 aromatic rings. The Morgan fingerprint density at radius 3 is 2.56 bits per heavy atom. The number of rotatable bonds is 1. The Labute approximate surface area is 101 Å². The zero-order valence-corrected chi connectivity index (χ0v) is 9.94. The maximum atomic E-state index is 5.73. The van der Waals surface area contributed by atoms with E-state index in [-0.39, 0.29) is 0 Å². The van der Waals surface area contributed by atoms with Gasteiger partial charge in [0.2, 0.25) is 5.71 Å². The molecule has 78 valence electrons. The fourth-order valence-electron chi connectivity index (χ4n) is 1.68. The van der Waals surface area contributed by atoms with Gasteiger partial charge < -0.3 is 4.42 Å². The first kappa shape index (κ1) is 9.60. The van der Waals surface area contributed by atoms with Gasteiger partial charge in [-0.3, -0.25) is 0 Å². The minimum Gasteiger partial charge on any atom is -0.437 e. The zero-order chi connectivity index (χ0) is 11.0. The van der Waals surface area contributed by atoms with E-state index in [4.69, 9.17) is 4.42 Å². The molecule has 0 amide bonds. The van der Waals surface area contributed by atoms with Gasteiger partial charge in [0.1, 0.15) is 0 Å². The van der Waals surface area contributed by atoms with Crippen molar-refractivity contribution in [1.82, 2.24) is 4.98 Å². The summed E-state index contributed by atoms with van der Waals surface area (Å²) < 4.78 is 6.69. The summed E-state index contributed by atoms with van der Waals surface area (Å²) in [7, 11) is 0. The highest BCUT2D eigenvalue weighted by Crippen LogP contribution is 2.36. The minimum absolute atomic E-state index is 0.660. The van der Waals surface area contributed by atoms with Crippen LogP contribution in [0.25, 0.3) is 22.4 Å². The number of benzene rings is 1. The fraction of sp³-hybridized carbons (Fsp3) is 0. The van der Waals surface area contributed by atoms with Gasteiger partial charge in [-0.05, 0) is 28.1 Å². The van der Waals surface area contributed by atoms with E-state index in [1.54, 1.807) is 6.20 Å². The highest BCUT2D eigenvalue weighted by Gasteiger charge is 2.13. The monoisotopic (exact) mass is 273 g/mol. The third-order valence-corrected chi connectivity index (χ3v) is 3.23. The minimum atomic E-state index is 0.660. The summed E-state index contributed by atoms with van der Waals surface area (Å²) in [5, 5.41) is 1.00. The van der Waals surface area contributed by atoms with Crippen LogP contribution >= 0.6 is 15.9 Å². The Hall–Kier alpha value is -1.61. The Morgan fingerprint density at radius 2 is 1.81 bits per heavy atom. The van der Waals surface area contributed by atoms with Crippen molar-refractivity contribution in [3.05, 3.63) is 53.1 Å². The Kier molecular flexibility index (Phi) is 2.26. The Morgan fingerprint density at radius 1 is 1.00 bits per heavy atom. The standard InChI is InChI=1S/C13H8BrNO/c14-11-10-7-4-8-15-13(10)16-12(11)9-5-2-1-3-6-9/h1-8H. The van der Waals surface area contributed by atoms with Crippen molar-refractivity contribution in [2.24, 2.45) is 0 Å². The van der Waals surface area contributed by atoms with E-state index in [0.717, 1.165) is 21.2 Å². The molecule has 0 radical (unpaired) electrons. The summed E-state index contributed by atoms with van der Waals surface area (Å²) in [6, 6.07) is 13.9. The lowest BCUT2D eigenvalue weighted by Gasteiger charge is -1.95. The summed E-state index contributed by atoms with van der Waals surface area (Å²) in [5.41, 5.74) is 1.71. The summed E-state index contributed by atoms with van der Waals surface area (Å²) in [4.78, 5) is 4.19. The molecular weight excluding hydrogens is 266 g/mol. The first-order valence-electron chi connectivity index (χ1n) is 4.95. The van der Waals surface area contributed by atoms with E-state index in [0.29, 0.717) is 5.71 Å². The maximum absolute atomic E-state index is 5.73. The summed E-state index contributed by atoms with van der Waals surface area (Å²) >= 11 is 3.55. The van der Waals surface area contributed by atoms with Gasteiger partial charge in [0.05, 0.1) is 9.86 Å². The third-order valence-electron chi connectivity index (χ3n) is 2.44. The van der Waals surface area contributed by atoms with Crippen LogP contribution in [-0.2, 0) is 0 Å². The normalized spacial score (nSPS) is 10.8. The molecule has 2 nitrogen and oxygen atoms in total. The molecule has 2 aromatic heterocycles. The highest BCUT2D eigenvalue weighted by atomic mass is 79.9. The van der Waals surface area contributed by atoms with Crippen LogP contribution in [0.3, 0.4) is 0 Å². The van der Waals surface area contributed by atoms with Crippen molar-refractivity contribution >= 4 is 27.0 Å². The molecule has 0 spiro atoms. The number of halogens is 1. The van der Waals surface area contributed by atoms with Crippen molar-refractivity contribution in [3.63, 3.8) is 0 Å². The van der Waals surface area contributed by atoms with Crippen LogP contribution in [0, 0.1) is 0 Å². The van der Waals surface area contributed by atoms with Crippen LogP contribution in [0.2, 0.25) is 0 Å². The molecule has 0 aliphatic carbocycles. The second kappa shape index (κ2) is 3.76. The lowest BCUT2D eigenvalue weighted by Crippen LogP contribution is -1.72. The highest BCUT2D eigenvalue weighted by molar-refractivity contribution is 9.10. The first-order valence-corrected chi connectivity index (χ1v) is 5.74. The number of fused-ring (bicyclic) bond motifs is 1. The van der Waals surface area contributed by atoms with Gasteiger partial charge in [-0.25, -0.2) is 4.98 Å². The molecule has 3 rings (SSSR count). The van der Waals surface area contributed by atoms with E-state index in [1.807, 2.05) is 42.5 Å². The van der Waals surface area contributed by atoms with E-state index in [2.05, 4.69) is 20.9 Å². The molecule has 0 aliphatic rings. The van der Waals surface area contributed by atoms with Gasteiger partial charge >= 0.3 is 0 Å². The molecule has 1 aromatic carbocycles. The Bertz CT molecular complexity index is 631. The fourth-order valence-corrected chi connectivity index (χ4v) is 2.29. The number of hydrogen-bond acceptors (Lipinski definition) is 2. The molecule has 2 heterocycles. The lowest BCUT2D eigenvalue weighted by atomic mass is 10.2.